The van der Waals surface area contributed by atoms with Gasteiger partial charge in [-0.25, -0.2) is 0 Å². The minimum Gasteiger partial charge on any atom is -0.349 e. The normalized spacial score (nSPS) is 28.8. The van der Waals surface area contributed by atoms with Crippen molar-refractivity contribution in [3.8, 4) is 0 Å². The second kappa shape index (κ2) is 5.40. The van der Waals surface area contributed by atoms with Crippen molar-refractivity contribution in [1.82, 2.24) is 5.32 Å². The lowest BCUT2D eigenvalue weighted by atomic mass is 9.98. The molecule has 1 aromatic carbocycles. The van der Waals surface area contributed by atoms with E-state index in [1.54, 1.807) is 0 Å². The van der Waals surface area contributed by atoms with Crippen LogP contribution >= 0.6 is 34.8 Å². The van der Waals surface area contributed by atoms with Gasteiger partial charge in [-0.2, -0.15) is 0 Å². The molecule has 0 heterocycles. The lowest BCUT2D eigenvalue weighted by Gasteiger charge is -2.20. The van der Waals surface area contributed by atoms with Gasteiger partial charge in [0.2, 0.25) is 5.91 Å². The van der Waals surface area contributed by atoms with Crippen molar-refractivity contribution in [2.24, 2.45) is 11.3 Å². The van der Waals surface area contributed by atoms with Gasteiger partial charge in [-0.1, -0.05) is 37.6 Å². The zero-order chi connectivity index (χ0) is 15.1. The molecule has 1 aliphatic carbocycles. The Bertz CT molecular complexity index is 514. The molecule has 0 unspecified atom stereocenters. The molecule has 0 saturated heterocycles. The number of halogens is 3. The van der Waals surface area contributed by atoms with Crippen molar-refractivity contribution < 1.29 is 4.79 Å². The van der Waals surface area contributed by atoms with E-state index in [-0.39, 0.29) is 17.9 Å². The first kappa shape index (κ1) is 15.9. The predicted molar refractivity (Wildman–Crippen MR) is 84.3 cm³/mol. The minimum absolute atomic E-state index is 0.0410. The predicted octanol–water partition coefficient (Wildman–Crippen LogP) is 4.74. The van der Waals surface area contributed by atoms with Crippen molar-refractivity contribution in [1.29, 1.82) is 0 Å². The van der Waals surface area contributed by atoms with Crippen LogP contribution in [-0.4, -0.2) is 10.2 Å². The van der Waals surface area contributed by atoms with E-state index in [1.807, 2.05) is 45.0 Å². The highest BCUT2D eigenvalue weighted by atomic mass is 35.5. The van der Waals surface area contributed by atoms with E-state index in [0.29, 0.717) is 11.4 Å². The monoisotopic (exact) mass is 333 g/mol. The highest BCUT2D eigenvalue weighted by molar-refractivity contribution is 6.53. The maximum absolute atomic E-state index is 12.5. The SMILES string of the molecule is CC[C@]1(C(=O)N[C@H](C)c2ccc(Cl)cc2)[C@H](C)C1(Cl)Cl. The quantitative estimate of drug-likeness (QED) is 0.792. The molecule has 1 N–H and O–H groups in total. The summed E-state index contributed by atoms with van der Waals surface area (Å²) in [6.45, 7) is 5.78. The van der Waals surface area contributed by atoms with E-state index < -0.39 is 9.75 Å². The van der Waals surface area contributed by atoms with Gasteiger partial charge in [0.25, 0.3) is 0 Å². The molecule has 1 aliphatic rings. The molecule has 5 heteroatoms. The Morgan fingerprint density at radius 3 is 2.25 bits per heavy atom. The van der Waals surface area contributed by atoms with Crippen LogP contribution in [0.3, 0.4) is 0 Å². The maximum Gasteiger partial charge on any atom is 0.230 e. The highest BCUT2D eigenvalue weighted by Gasteiger charge is 2.76. The summed E-state index contributed by atoms with van der Waals surface area (Å²) in [5, 5.41) is 3.68. The molecule has 0 bridgehead atoms. The number of carbonyl (C=O) groups is 1. The van der Waals surface area contributed by atoms with E-state index in [4.69, 9.17) is 34.8 Å². The van der Waals surface area contributed by atoms with Gasteiger partial charge in [-0.15, -0.1) is 23.2 Å². The summed E-state index contributed by atoms with van der Waals surface area (Å²) in [6.07, 6.45) is 0.625. The van der Waals surface area contributed by atoms with E-state index in [0.717, 1.165) is 5.56 Å². The molecular formula is C15H18Cl3NO. The van der Waals surface area contributed by atoms with Crippen LogP contribution in [0.2, 0.25) is 5.02 Å². The van der Waals surface area contributed by atoms with Crippen molar-refractivity contribution in [3.63, 3.8) is 0 Å². The number of hydrogen-bond acceptors (Lipinski definition) is 1. The van der Waals surface area contributed by atoms with Crippen LogP contribution in [0.25, 0.3) is 0 Å². The molecule has 1 amide bonds. The van der Waals surface area contributed by atoms with Crippen LogP contribution in [0.4, 0.5) is 0 Å². The van der Waals surface area contributed by atoms with Gasteiger partial charge in [-0.05, 0) is 31.0 Å². The summed E-state index contributed by atoms with van der Waals surface area (Å²) in [5.74, 6) is -0.124. The summed E-state index contributed by atoms with van der Waals surface area (Å²) in [5.41, 5.74) is 0.314. The Balaban J connectivity index is 2.11. The maximum atomic E-state index is 12.5. The molecule has 1 saturated carbocycles. The van der Waals surface area contributed by atoms with Crippen LogP contribution in [0, 0.1) is 11.3 Å². The first-order chi connectivity index (χ1) is 9.27. The van der Waals surface area contributed by atoms with Crippen LogP contribution < -0.4 is 5.32 Å². The molecule has 1 aromatic rings. The molecule has 3 atom stereocenters. The van der Waals surface area contributed by atoms with E-state index in [1.165, 1.54) is 0 Å². The lowest BCUT2D eigenvalue weighted by molar-refractivity contribution is -0.127. The Morgan fingerprint density at radius 2 is 1.85 bits per heavy atom. The molecular weight excluding hydrogens is 317 g/mol. The molecule has 1 fully saturated rings. The van der Waals surface area contributed by atoms with Crippen molar-refractivity contribution in [3.05, 3.63) is 34.9 Å². The topological polar surface area (TPSA) is 29.1 Å². The molecule has 0 radical (unpaired) electrons. The summed E-state index contributed by atoms with van der Waals surface area (Å²) < 4.78 is -0.967. The Kier molecular flexibility index (Phi) is 4.30. The number of hydrogen-bond donors (Lipinski definition) is 1. The number of carbonyl (C=O) groups excluding carboxylic acids is 1. The average Bonchev–Trinajstić information content (AvgIpc) is 2.84. The molecule has 110 valence electrons. The third-order valence-electron chi connectivity index (χ3n) is 4.47. The largest absolute Gasteiger partial charge is 0.349 e. The molecule has 2 nitrogen and oxygen atoms in total. The van der Waals surface area contributed by atoms with Crippen molar-refractivity contribution in [2.45, 2.75) is 37.6 Å². The summed E-state index contributed by atoms with van der Waals surface area (Å²) in [6, 6.07) is 7.30. The Labute approximate surface area is 134 Å². The summed E-state index contributed by atoms with van der Waals surface area (Å²) in [4.78, 5) is 12.5. The first-order valence-corrected chi connectivity index (χ1v) is 7.85. The van der Waals surface area contributed by atoms with Gasteiger partial charge in [0.05, 0.1) is 11.5 Å². The van der Waals surface area contributed by atoms with Crippen LogP contribution in [0.15, 0.2) is 24.3 Å². The van der Waals surface area contributed by atoms with Crippen LogP contribution in [-0.2, 0) is 4.79 Å². The van der Waals surface area contributed by atoms with Gasteiger partial charge in [-0.3, -0.25) is 4.79 Å². The van der Waals surface area contributed by atoms with E-state index in [2.05, 4.69) is 5.32 Å². The van der Waals surface area contributed by atoms with Crippen molar-refractivity contribution >= 4 is 40.7 Å². The van der Waals surface area contributed by atoms with Gasteiger partial charge >= 0.3 is 0 Å². The summed E-state index contributed by atoms with van der Waals surface area (Å²) in [7, 11) is 0. The van der Waals surface area contributed by atoms with Gasteiger partial charge in [0.1, 0.15) is 4.33 Å². The highest BCUT2D eigenvalue weighted by Crippen LogP contribution is 2.70. The minimum atomic E-state index is -0.967. The third-order valence-corrected chi connectivity index (χ3v) is 6.06. The third kappa shape index (κ3) is 2.32. The smallest absolute Gasteiger partial charge is 0.230 e. The number of rotatable bonds is 4. The van der Waals surface area contributed by atoms with Crippen LogP contribution in [0.5, 0.6) is 0 Å². The summed E-state index contributed by atoms with van der Waals surface area (Å²) >= 11 is 18.4. The Hall–Kier alpha value is -0.440. The number of nitrogens with one attached hydrogen (secondary N) is 1. The average molecular weight is 335 g/mol. The van der Waals surface area contributed by atoms with Gasteiger partial charge in [0, 0.05) is 10.9 Å². The number of alkyl halides is 2. The molecule has 2 rings (SSSR count). The zero-order valence-electron chi connectivity index (χ0n) is 11.7. The molecule has 0 aliphatic heterocycles. The lowest BCUT2D eigenvalue weighted by Crippen LogP contribution is -2.36. The fourth-order valence-corrected chi connectivity index (χ4v) is 4.01. The van der Waals surface area contributed by atoms with E-state index in [9.17, 15) is 4.79 Å². The number of benzene rings is 1. The fraction of sp³-hybridized carbons (Fsp3) is 0.533. The second-order valence-corrected chi connectivity index (χ2v) is 7.24. The van der Waals surface area contributed by atoms with E-state index >= 15 is 0 Å². The first-order valence-electron chi connectivity index (χ1n) is 6.71. The van der Waals surface area contributed by atoms with Gasteiger partial charge in [0.15, 0.2) is 0 Å². The number of amides is 1. The zero-order valence-corrected chi connectivity index (χ0v) is 14.0. The standard InChI is InChI=1S/C15H18Cl3NO/c1-4-14(10(3)15(14,17)18)13(20)19-9(2)11-5-7-12(16)8-6-11/h5-10H,4H2,1-3H3,(H,19,20)/t9-,10+,14-/m1/s1. The van der Waals surface area contributed by atoms with Gasteiger partial charge < -0.3 is 5.32 Å². The van der Waals surface area contributed by atoms with Crippen LogP contribution in [0.1, 0.15) is 38.8 Å². The fourth-order valence-electron chi connectivity index (χ4n) is 2.85. The molecule has 0 spiro atoms. The molecule has 20 heavy (non-hydrogen) atoms. The van der Waals surface area contributed by atoms with Crippen molar-refractivity contribution in [2.75, 3.05) is 0 Å². The molecule has 0 aromatic heterocycles. The second-order valence-electron chi connectivity index (χ2n) is 5.42. The Morgan fingerprint density at radius 1 is 1.35 bits per heavy atom.